The molecule has 1 spiro atoms. The van der Waals surface area contributed by atoms with E-state index >= 15 is 0 Å². The number of nitrogens with two attached hydrogens (primary N) is 1. The number of aromatic nitrogens is 1. The van der Waals surface area contributed by atoms with Crippen molar-refractivity contribution in [3.63, 3.8) is 0 Å². The Morgan fingerprint density at radius 2 is 1.97 bits per heavy atom. The normalized spacial score (nSPS) is 20.4. The van der Waals surface area contributed by atoms with Crippen LogP contribution >= 0.6 is 24.8 Å². The molecule has 2 aliphatic rings. The maximum absolute atomic E-state index is 12.4. The predicted octanol–water partition coefficient (Wildman–Crippen LogP) is 1.41. The maximum atomic E-state index is 12.4. The molecule has 1 aromatic rings. The van der Waals surface area contributed by atoms with E-state index in [9.17, 15) is 14.7 Å². The molecule has 2 aliphatic heterocycles. The Labute approximate surface area is 184 Å². The second kappa shape index (κ2) is 11.1. The molecule has 0 saturated carbocycles. The number of likely N-dealkylation sites (tertiary alicyclic amines) is 2. The summed E-state index contributed by atoms with van der Waals surface area (Å²) in [6.07, 6.45) is 4.90. The van der Waals surface area contributed by atoms with Crippen LogP contribution in [0.1, 0.15) is 38.3 Å². The lowest BCUT2D eigenvalue weighted by atomic mass is 9.72. The van der Waals surface area contributed by atoms with E-state index in [1.807, 2.05) is 23.1 Å². The first kappa shape index (κ1) is 25.6. The molecule has 3 rings (SSSR count). The van der Waals surface area contributed by atoms with Crippen LogP contribution in [0.15, 0.2) is 24.4 Å². The highest BCUT2D eigenvalue weighted by Crippen LogP contribution is 2.40. The third-order valence-electron chi connectivity index (χ3n) is 6.05. The van der Waals surface area contributed by atoms with E-state index in [1.54, 1.807) is 18.0 Å². The highest BCUT2D eigenvalue weighted by molar-refractivity contribution is 5.85. The number of aliphatic hydroxyl groups is 1. The fourth-order valence-corrected chi connectivity index (χ4v) is 4.13. The van der Waals surface area contributed by atoms with Gasteiger partial charge < -0.3 is 20.6 Å². The van der Waals surface area contributed by atoms with Crippen molar-refractivity contribution in [2.24, 2.45) is 11.1 Å². The molecule has 0 aromatic carbocycles. The fourth-order valence-electron chi connectivity index (χ4n) is 4.13. The number of rotatable bonds is 5. The highest BCUT2D eigenvalue weighted by Gasteiger charge is 2.42. The average Bonchev–Trinajstić information content (AvgIpc) is 2.69. The smallest absolute Gasteiger partial charge is 0.242 e. The number of carbonyl (C=O) groups excluding carboxylic acids is 2. The van der Waals surface area contributed by atoms with Crippen LogP contribution in [-0.4, -0.2) is 70.0 Å². The molecule has 1 aromatic heterocycles. The van der Waals surface area contributed by atoms with Gasteiger partial charge in [0.2, 0.25) is 11.8 Å². The summed E-state index contributed by atoms with van der Waals surface area (Å²) in [5, 5.41) is 9.56. The quantitative estimate of drug-likeness (QED) is 0.711. The summed E-state index contributed by atoms with van der Waals surface area (Å²) in [5.74, 6) is 0.0323. The molecule has 164 valence electrons. The standard InChI is InChI=1S/C20H30N4O3.2ClH/c1-15(25)18(21)19(27)23-12-8-20(9-13-23)7-5-17(26)24(14-20)11-6-16-4-2-3-10-22-16;;/h2-4,10,15,18,25H,5-9,11-14,21H2,1H3;2*1H/t15-,18+;;/m1../s1. The minimum atomic E-state index is -0.859. The van der Waals surface area contributed by atoms with Crippen LogP contribution < -0.4 is 5.73 Å². The summed E-state index contributed by atoms with van der Waals surface area (Å²) >= 11 is 0. The first-order valence-electron chi connectivity index (χ1n) is 9.80. The number of aliphatic hydroxyl groups excluding tert-OH is 1. The van der Waals surface area contributed by atoms with Gasteiger partial charge in [-0.2, -0.15) is 0 Å². The molecule has 3 heterocycles. The number of hydrogen-bond donors (Lipinski definition) is 2. The van der Waals surface area contributed by atoms with Crippen molar-refractivity contribution in [2.75, 3.05) is 26.2 Å². The van der Waals surface area contributed by atoms with Gasteiger partial charge in [0.05, 0.1) is 6.10 Å². The Hall–Kier alpha value is -1.41. The molecule has 2 fully saturated rings. The highest BCUT2D eigenvalue weighted by atomic mass is 35.5. The maximum Gasteiger partial charge on any atom is 0.242 e. The number of piperidine rings is 2. The van der Waals surface area contributed by atoms with Crippen molar-refractivity contribution in [2.45, 2.75) is 51.2 Å². The largest absolute Gasteiger partial charge is 0.391 e. The molecular formula is C20H32Cl2N4O3. The summed E-state index contributed by atoms with van der Waals surface area (Å²) in [6.45, 7) is 4.26. The molecule has 9 heteroatoms. The van der Waals surface area contributed by atoms with E-state index in [2.05, 4.69) is 4.98 Å². The van der Waals surface area contributed by atoms with Crippen molar-refractivity contribution in [1.29, 1.82) is 0 Å². The summed E-state index contributed by atoms with van der Waals surface area (Å²) < 4.78 is 0. The Kier molecular flexibility index (Phi) is 9.82. The molecule has 2 atom stereocenters. The second-order valence-corrected chi connectivity index (χ2v) is 7.98. The molecule has 29 heavy (non-hydrogen) atoms. The zero-order valence-electron chi connectivity index (χ0n) is 16.8. The monoisotopic (exact) mass is 446 g/mol. The molecule has 0 aliphatic carbocycles. The lowest BCUT2D eigenvalue weighted by Gasteiger charge is -2.47. The van der Waals surface area contributed by atoms with Gasteiger partial charge in [-0.05, 0) is 43.7 Å². The van der Waals surface area contributed by atoms with Crippen LogP contribution in [0.25, 0.3) is 0 Å². The van der Waals surface area contributed by atoms with Crippen LogP contribution in [0.5, 0.6) is 0 Å². The minimum absolute atomic E-state index is 0. The van der Waals surface area contributed by atoms with Crippen LogP contribution in [0.4, 0.5) is 0 Å². The molecule has 2 saturated heterocycles. The van der Waals surface area contributed by atoms with Gasteiger partial charge in [-0.15, -0.1) is 24.8 Å². The van der Waals surface area contributed by atoms with Crippen molar-refractivity contribution >= 4 is 36.6 Å². The zero-order valence-corrected chi connectivity index (χ0v) is 18.5. The third-order valence-corrected chi connectivity index (χ3v) is 6.05. The third kappa shape index (κ3) is 6.28. The number of carbonyl (C=O) groups is 2. The molecule has 0 unspecified atom stereocenters. The van der Waals surface area contributed by atoms with Gasteiger partial charge in [0.25, 0.3) is 0 Å². The van der Waals surface area contributed by atoms with Crippen LogP contribution in [0.3, 0.4) is 0 Å². The SMILES string of the molecule is C[C@@H](O)[C@H](N)C(=O)N1CCC2(CCC(=O)N(CCc3ccccn3)C2)CC1.Cl.Cl. The average molecular weight is 447 g/mol. The van der Waals surface area contributed by atoms with E-state index in [4.69, 9.17) is 5.73 Å². The number of halogens is 2. The lowest BCUT2D eigenvalue weighted by Crippen LogP contribution is -2.56. The van der Waals surface area contributed by atoms with E-state index in [0.29, 0.717) is 26.1 Å². The van der Waals surface area contributed by atoms with Gasteiger partial charge in [-0.3, -0.25) is 14.6 Å². The molecule has 0 bridgehead atoms. The van der Waals surface area contributed by atoms with E-state index < -0.39 is 12.1 Å². The lowest BCUT2D eigenvalue weighted by molar-refractivity contribution is -0.143. The fraction of sp³-hybridized carbons (Fsp3) is 0.650. The van der Waals surface area contributed by atoms with Gasteiger partial charge in [0.15, 0.2) is 0 Å². The molecule has 2 amide bonds. The molecule has 0 radical (unpaired) electrons. The molecule has 3 N–H and O–H groups in total. The summed E-state index contributed by atoms with van der Waals surface area (Å²) in [5.41, 5.74) is 6.88. The van der Waals surface area contributed by atoms with Crippen molar-refractivity contribution in [3.05, 3.63) is 30.1 Å². The Bertz CT molecular complexity index is 667. The Morgan fingerprint density at radius 3 is 2.55 bits per heavy atom. The van der Waals surface area contributed by atoms with E-state index in [-0.39, 0.29) is 42.0 Å². The van der Waals surface area contributed by atoms with Crippen LogP contribution in [-0.2, 0) is 16.0 Å². The Morgan fingerprint density at radius 1 is 1.28 bits per heavy atom. The second-order valence-electron chi connectivity index (χ2n) is 7.98. The number of pyridine rings is 1. The Balaban J connectivity index is 0.00000210. The number of hydrogen-bond acceptors (Lipinski definition) is 5. The predicted molar refractivity (Wildman–Crippen MR) is 116 cm³/mol. The molecular weight excluding hydrogens is 415 g/mol. The van der Waals surface area contributed by atoms with Crippen molar-refractivity contribution in [3.8, 4) is 0 Å². The zero-order chi connectivity index (χ0) is 19.4. The van der Waals surface area contributed by atoms with Gasteiger partial charge in [-0.1, -0.05) is 6.07 Å². The first-order chi connectivity index (χ1) is 12.9. The first-order valence-corrected chi connectivity index (χ1v) is 9.80. The molecule has 7 nitrogen and oxygen atoms in total. The topological polar surface area (TPSA) is 99.8 Å². The number of nitrogens with zero attached hydrogens (tertiary/aromatic N) is 3. The summed E-state index contributed by atoms with van der Waals surface area (Å²) in [6, 6.07) is 4.98. The minimum Gasteiger partial charge on any atom is -0.391 e. The van der Waals surface area contributed by atoms with Crippen molar-refractivity contribution in [1.82, 2.24) is 14.8 Å². The van der Waals surface area contributed by atoms with E-state index in [0.717, 1.165) is 37.9 Å². The van der Waals surface area contributed by atoms with Crippen LogP contribution in [0.2, 0.25) is 0 Å². The summed E-state index contributed by atoms with van der Waals surface area (Å²) in [7, 11) is 0. The van der Waals surface area contributed by atoms with Gasteiger partial charge in [-0.25, -0.2) is 0 Å². The van der Waals surface area contributed by atoms with E-state index in [1.165, 1.54) is 0 Å². The van der Waals surface area contributed by atoms with Crippen LogP contribution in [0, 0.1) is 5.41 Å². The summed E-state index contributed by atoms with van der Waals surface area (Å²) in [4.78, 5) is 32.8. The van der Waals surface area contributed by atoms with Gasteiger partial charge in [0.1, 0.15) is 6.04 Å². The van der Waals surface area contributed by atoms with Gasteiger partial charge in [0, 0.05) is 50.9 Å². The number of amides is 2. The van der Waals surface area contributed by atoms with Crippen molar-refractivity contribution < 1.29 is 14.7 Å². The van der Waals surface area contributed by atoms with Gasteiger partial charge >= 0.3 is 0 Å².